The fraction of sp³-hybridized carbons (Fsp3) is 0.300. The number of esters is 1. The Bertz CT molecular complexity index is 1250. The van der Waals surface area contributed by atoms with Gasteiger partial charge in [-0.2, -0.15) is 0 Å². The van der Waals surface area contributed by atoms with Crippen molar-refractivity contribution in [2.75, 3.05) is 21.3 Å². The topological polar surface area (TPSA) is 78.7 Å². The highest BCUT2D eigenvalue weighted by Crippen LogP contribution is 2.31. The van der Waals surface area contributed by atoms with Crippen molar-refractivity contribution in [2.45, 2.75) is 39.7 Å². The molecule has 7 heteroatoms. The van der Waals surface area contributed by atoms with Crippen LogP contribution in [-0.2, 0) is 23.9 Å². The first-order valence-corrected chi connectivity index (χ1v) is 12.1. The molecule has 3 rings (SSSR count). The van der Waals surface area contributed by atoms with Crippen molar-refractivity contribution in [1.29, 1.82) is 0 Å². The molecule has 2 aromatic carbocycles. The van der Waals surface area contributed by atoms with Crippen LogP contribution in [0, 0.1) is 0 Å². The molecule has 0 radical (unpaired) electrons. The summed E-state index contributed by atoms with van der Waals surface area (Å²) < 4.78 is 10.00. The van der Waals surface area contributed by atoms with Gasteiger partial charge in [0.15, 0.2) is 0 Å². The highest BCUT2D eigenvalue weighted by molar-refractivity contribution is 6.38. The molecule has 0 aromatic heterocycles. The number of carbonyl (C=O) groups is 1. The number of benzene rings is 2. The van der Waals surface area contributed by atoms with Gasteiger partial charge in [-0.05, 0) is 50.3 Å². The number of rotatable bonds is 10. The minimum Gasteiger partial charge on any atom is -0.503 e. The van der Waals surface area contributed by atoms with Crippen molar-refractivity contribution in [3.8, 4) is 0 Å². The number of methoxy groups -OCH3 is 2. The Morgan fingerprint density at radius 1 is 1.00 bits per heavy atom. The Labute approximate surface area is 218 Å². The zero-order valence-corrected chi connectivity index (χ0v) is 22.3. The third kappa shape index (κ3) is 6.97. The van der Waals surface area contributed by atoms with Gasteiger partial charge in [0, 0.05) is 11.1 Å². The van der Waals surface area contributed by atoms with Crippen LogP contribution in [0.3, 0.4) is 0 Å². The van der Waals surface area contributed by atoms with Crippen molar-refractivity contribution in [2.24, 2.45) is 10.3 Å². The molecule has 0 aliphatic heterocycles. The monoisotopic (exact) mass is 502 g/mol. The first kappa shape index (κ1) is 27.5. The number of nitrogens with zero attached hydrogens (tertiary/aromatic N) is 2. The summed E-state index contributed by atoms with van der Waals surface area (Å²) in [7, 11) is 4.29. The summed E-state index contributed by atoms with van der Waals surface area (Å²) in [5, 5.41) is 8.28. The molecule has 0 heterocycles. The lowest BCUT2D eigenvalue weighted by atomic mass is 9.89. The van der Waals surface area contributed by atoms with E-state index in [9.17, 15) is 4.79 Å². The number of ether oxygens (including phenoxy) is 2. The maximum atomic E-state index is 12.3. The molecule has 0 saturated heterocycles. The summed E-state index contributed by atoms with van der Waals surface area (Å²) in [4.78, 5) is 23.1. The van der Waals surface area contributed by atoms with Gasteiger partial charge >= 0.3 is 5.97 Å². The summed E-state index contributed by atoms with van der Waals surface area (Å²) >= 11 is 0. The van der Waals surface area contributed by atoms with Crippen LogP contribution in [0.2, 0.25) is 0 Å². The Kier molecular flexibility index (Phi) is 9.84. The lowest BCUT2D eigenvalue weighted by Gasteiger charge is -2.17. The molecule has 0 amide bonds. The average Bonchev–Trinajstić information content (AvgIpc) is 2.92. The van der Waals surface area contributed by atoms with Gasteiger partial charge in [-0.1, -0.05) is 76.1 Å². The van der Waals surface area contributed by atoms with Crippen molar-refractivity contribution in [3.63, 3.8) is 0 Å². The van der Waals surface area contributed by atoms with E-state index < -0.39 is 12.1 Å². The molecule has 2 aromatic rings. The van der Waals surface area contributed by atoms with Gasteiger partial charge < -0.3 is 19.1 Å². The summed E-state index contributed by atoms with van der Waals surface area (Å²) in [5.41, 5.74) is 8.44. The van der Waals surface area contributed by atoms with Gasteiger partial charge in [-0.25, -0.2) is 4.79 Å². The van der Waals surface area contributed by atoms with E-state index in [1.54, 1.807) is 6.07 Å². The highest BCUT2D eigenvalue weighted by atomic mass is 16.6. The van der Waals surface area contributed by atoms with E-state index in [4.69, 9.17) is 19.1 Å². The van der Waals surface area contributed by atoms with E-state index in [0.717, 1.165) is 24.0 Å². The second-order valence-corrected chi connectivity index (χ2v) is 8.74. The first-order valence-electron chi connectivity index (χ1n) is 12.1. The van der Waals surface area contributed by atoms with E-state index in [1.165, 1.54) is 56.1 Å². The Balaban J connectivity index is 1.76. The molecule has 37 heavy (non-hydrogen) atoms. The maximum Gasteiger partial charge on any atom is 0.341 e. The molecule has 0 spiro atoms. The van der Waals surface area contributed by atoms with Crippen molar-refractivity contribution in [1.82, 2.24) is 0 Å². The average molecular weight is 503 g/mol. The van der Waals surface area contributed by atoms with E-state index in [-0.39, 0.29) is 5.57 Å². The fourth-order valence-corrected chi connectivity index (χ4v) is 4.06. The number of allylic oxidation sites excluding steroid dienone is 4. The summed E-state index contributed by atoms with van der Waals surface area (Å²) in [6.07, 6.45) is 6.66. The van der Waals surface area contributed by atoms with E-state index in [1.807, 2.05) is 37.3 Å². The highest BCUT2D eigenvalue weighted by Gasteiger charge is 2.20. The van der Waals surface area contributed by atoms with Crippen LogP contribution in [-0.4, -0.2) is 39.2 Å². The number of oxime groups is 2. The Morgan fingerprint density at radius 2 is 1.73 bits per heavy atom. The third-order valence-electron chi connectivity index (χ3n) is 6.30. The predicted octanol–water partition coefficient (Wildman–Crippen LogP) is 6.47. The molecular formula is C30H34N2O5. The Morgan fingerprint density at radius 3 is 2.38 bits per heavy atom. The molecule has 1 aliphatic rings. The van der Waals surface area contributed by atoms with Gasteiger partial charge in [0.2, 0.25) is 0 Å². The van der Waals surface area contributed by atoms with Crippen LogP contribution in [0.1, 0.15) is 62.0 Å². The van der Waals surface area contributed by atoms with Crippen LogP contribution in [0.25, 0.3) is 11.1 Å². The first-order chi connectivity index (χ1) is 17.9. The van der Waals surface area contributed by atoms with Gasteiger partial charge in [0.1, 0.15) is 24.5 Å². The molecule has 0 bridgehead atoms. The molecular weight excluding hydrogens is 468 g/mol. The zero-order valence-electron chi connectivity index (χ0n) is 22.3. The van der Waals surface area contributed by atoms with Gasteiger partial charge in [0.05, 0.1) is 26.7 Å². The summed E-state index contributed by atoms with van der Waals surface area (Å²) in [6.45, 7) is 6.23. The minimum absolute atomic E-state index is 0.288. The smallest absolute Gasteiger partial charge is 0.341 e. The van der Waals surface area contributed by atoms with Crippen LogP contribution < -0.4 is 0 Å². The lowest BCUT2D eigenvalue weighted by molar-refractivity contribution is -0.133. The van der Waals surface area contributed by atoms with E-state index in [0.29, 0.717) is 11.3 Å². The van der Waals surface area contributed by atoms with Gasteiger partial charge in [-0.3, -0.25) is 0 Å². The molecule has 1 aliphatic carbocycles. The zero-order chi connectivity index (χ0) is 26.8. The van der Waals surface area contributed by atoms with Crippen LogP contribution in [0.5, 0.6) is 0 Å². The van der Waals surface area contributed by atoms with E-state index in [2.05, 4.69) is 42.4 Å². The number of hydrogen-bond donors (Lipinski definition) is 0. The lowest BCUT2D eigenvalue weighted by Crippen LogP contribution is -2.09. The van der Waals surface area contributed by atoms with Crippen LogP contribution in [0.15, 0.2) is 82.3 Å². The normalized spacial score (nSPS) is 15.4. The maximum absolute atomic E-state index is 12.3. The largest absolute Gasteiger partial charge is 0.503 e. The van der Waals surface area contributed by atoms with Crippen LogP contribution in [0.4, 0.5) is 0 Å². The molecule has 7 nitrogen and oxygen atoms in total. The fourth-order valence-electron chi connectivity index (χ4n) is 4.06. The van der Waals surface area contributed by atoms with Crippen molar-refractivity contribution >= 4 is 29.0 Å². The SMILES string of the molecule is COC=C(C(=O)OC)c1ccccc1C(C)ON=CC(=NOC)c1ccc(C2=CCC(C)=C(C)C2)cc1. The Hall–Kier alpha value is -4.13. The van der Waals surface area contributed by atoms with Gasteiger partial charge in [0.25, 0.3) is 0 Å². The van der Waals surface area contributed by atoms with Crippen molar-refractivity contribution in [3.05, 3.63) is 94.3 Å². The summed E-state index contributed by atoms with van der Waals surface area (Å²) in [5.74, 6) is -0.506. The second-order valence-electron chi connectivity index (χ2n) is 8.74. The second kappa shape index (κ2) is 13.3. The number of carbonyl (C=O) groups excluding carboxylic acids is 1. The molecule has 0 saturated carbocycles. The molecule has 0 N–H and O–H groups in total. The number of hydrogen-bond acceptors (Lipinski definition) is 7. The standard InChI is InChI=1S/C30H34N2O5/c1-20-11-12-25(17-21(20)2)23-13-15-24(16-14-23)29(32-36-6)18-31-37-22(3)26-9-7-8-10-27(26)28(19-34-4)30(33)35-5/h7-10,12-16,18-19,22H,11,17H2,1-6H3. The van der Waals surface area contributed by atoms with Gasteiger partial charge in [-0.15, -0.1) is 0 Å². The van der Waals surface area contributed by atoms with Crippen LogP contribution >= 0.6 is 0 Å². The molecule has 0 fully saturated rings. The molecule has 1 unspecified atom stereocenters. The van der Waals surface area contributed by atoms with Crippen molar-refractivity contribution < 1.29 is 23.9 Å². The molecule has 194 valence electrons. The summed E-state index contributed by atoms with van der Waals surface area (Å²) in [6, 6.07) is 15.5. The predicted molar refractivity (Wildman–Crippen MR) is 147 cm³/mol. The quantitative estimate of drug-likeness (QED) is 0.0928. The minimum atomic E-state index is -0.506. The third-order valence-corrected chi connectivity index (χ3v) is 6.30. The molecule has 1 atom stereocenters. The van der Waals surface area contributed by atoms with E-state index >= 15 is 0 Å².